The Morgan fingerprint density at radius 3 is 2.11 bits per heavy atom. The van der Waals surface area contributed by atoms with Crippen LogP contribution in [0.25, 0.3) is 0 Å². The molecule has 2 amide bonds. The van der Waals surface area contributed by atoms with Crippen LogP contribution < -0.4 is 9.47 Å². The molecule has 28 heavy (non-hydrogen) atoms. The molecule has 1 aromatic rings. The minimum absolute atomic E-state index is 0.0188. The maximum atomic E-state index is 12.7. The Morgan fingerprint density at radius 2 is 1.57 bits per heavy atom. The van der Waals surface area contributed by atoms with Crippen LogP contribution in [0.2, 0.25) is 0 Å². The summed E-state index contributed by atoms with van der Waals surface area (Å²) in [5.74, 6) is 1.80. The predicted octanol–water partition coefficient (Wildman–Crippen LogP) is 1.40. The van der Waals surface area contributed by atoms with Crippen LogP contribution in [0.5, 0.6) is 11.5 Å². The summed E-state index contributed by atoms with van der Waals surface area (Å²) in [6, 6.07) is 5.71. The first kappa shape index (κ1) is 20.5. The molecule has 0 N–H and O–H groups in total. The van der Waals surface area contributed by atoms with E-state index in [1.165, 1.54) is 0 Å². The number of hydrogen-bond donors (Lipinski definition) is 0. The van der Waals surface area contributed by atoms with Gasteiger partial charge in [0, 0.05) is 38.7 Å². The van der Waals surface area contributed by atoms with Crippen LogP contribution in [0.3, 0.4) is 0 Å². The molecule has 0 aromatic heterocycles. The molecule has 2 fully saturated rings. The molecular weight excluding hydrogens is 358 g/mol. The van der Waals surface area contributed by atoms with Crippen LogP contribution in [0, 0.1) is 0 Å². The second-order valence-corrected chi connectivity index (χ2v) is 7.57. The lowest BCUT2D eigenvalue weighted by atomic mass is 10.1. The molecule has 0 bridgehead atoms. The molecule has 3 rings (SSSR count). The van der Waals surface area contributed by atoms with Gasteiger partial charge >= 0.3 is 0 Å². The molecule has 2 aliphatic heterocycles. The molecule has 1 aromatic carbocycles. The Morgan fingerprint density at radius 1 is 0.964 bits per heavy atom. The van der Waals surface area contributed by atoms with Crippen molar-refractivity contribution in [3.8, 4) is 11.5 Å². The van der Waals surface area contributed by atoms with E-state index in [0.717, 1.165) is 36.4 Å². The lowest BCUT2D eigenvalue weighted by molar-refractivity contribution is -0.142. The van der Waals surface area contributed by atoms with Gasteiger partial charge in [-0.05, 0) is 50.6 Å². The van der Waals surface area contributed by atoms with Gasteiger partial charge in [-0.15, -0.1) is 0 Å². The van der Waals surface area contributed by atoms with E-state index in [2.05, 4.69) is 4.90 Å². The first-order chi connectivity index (χ1) is 13.5. The molecule has 2 aliphatic rings. The van der Waals surface area contributed by atoms with E-state index in [1.807, 2.05) is 35.0 Å². The van der Waals surface area contributed by atoms with E-state index < -0.39 is 0 Å². The smallest absolute Gasteiger partial charge is 0.240 e. The lowest BCUT2D eigenvalue weighted by Crippen LogP contribution is -2.54. The number of likely N-dealkylation sites (tertiary alicyclic amines) is 1. The van der Waals surface area contributed by atoms with Gasteiger partial charge in [-0.25, -0.2) is 0 Å². The molecule has 1 atom stereocenters. The van der Waals surface area contributed by atoms with Gasteiger partial charge in [0.25, 0.3) is 0 Å². The van der Waals surface area contributed by atoms with E-state index in [-0.39, 0.29) is 17.9 Å². The number of carbonyl (C=O) groups excluding carboxylic acids is 2. The van der Waals surface area contributed by atoms with E-state index in [1.54, 1.807) is 14.2 Å². The van der Waals surface area contributed by atoms with Crippen LogP contribution in [0.1, 0.15) is 24.8 Å². The average Bonchev–Trinajstić information content (AvgIpc) is 3.17. The third kappa shape index (κ3) is 4.76. The van der Waals surface area contributed by atoms with Gasteiger partial charge in [0.1, 0.15) is 11.5 Å². The topological polar surface area (TPSA) is 62.3 Å². The van der Waals surface area contributed by atoms with Crippen molar-refractivity contribution in [1.82, 2.24) is 14.7 Å². The monoisotopic (exact) mass is 389 g/mol. The highest BCUT2D eigenvalue weighted by Crippen LogP contribution is 2.23. The molecule has 154 valence electrons. The number of amides is 2. The summed E-state index contributed by atoms with van der Waals surface area (Å²) in [6.45, 7) is 3.47. The number of aryl methyl sites for hydroxylation is 1. The summed E-state index contributed by atoms with van der Waals surface area (Å²) in [5.41, 5.74) is 1.02. The van der Waals surface area contributed by atoms with E-state index in [9.17, 15) is 9.59 Å². The van der Waals surface area contributed by atoms with Gasteiger partial charge in [0.15, 0.2) is 0 Å². The fourth-order valence-corrected chi connectivity index (χ4v) is 4.03. The highest BCUT2D eigenvalue weighted by Gasteiger charge is 2.33. The molecule has 0 spiro atoms. The standard InChI is InChI=1S/C21H31N3O4/c1-22-8-4-5-19(22)21(26)24-11-9-23(10-12-24)20(25)7-6-16-13-17(27-2)15-18(14-16)28-3/h13-15,19H,4-12H2,1-3H3. The predicted molar refractivity (Wildman–Crippen MR) is 107 cm³/mol. The third-order valence-corrected chi connectivity index (χ3v) is 5.79. The molecular formula is C21H31N3O4. The van der Waals surface area contributed by atoms with E-state index >= 15 is 0 Å². The van der Waals surface area contributed by atoms with Crippen LogP contribution in [0.4, 0.5) is 0 Å². The highest BCUT2D eigenvalue weighted by molar-refractivity contribution is 5.83. The number of ether oxygens (including phenoxy) is 2. The van der Waals surface area contributed by atoms with Crippen molar-refractivity contribution in [3.05, 3.63) is 23.8 Å². The van der Waals surface area contributed by atoms with Gasteiger partial charge in [0.2, 0.25) is 11.8 Å². The minimum Gasteiger partial charge on any atom is -0.497 e. The molecule has 7 nitrogen and oxygen atoms in total. The molecule has 2 saturated heterocycles. The zero-order valence-corrected chi connectivity index (χ0v) is 17.1. The van der Waals surface area contributed by atoms with Crippen LogP contribution in [-0.4, -0.2) is 86.5 Å². The largest absolute Gasteiger partial charge is 0.497 e. The fraction of sp³-hybridized carbons (Fsp3) is 0.619. The second-order valence-electron chi connectivity index (χ2n) is 7.57. The van der Waals surface area contributed by atoms with Gasteiger partial charge < -0.3 is 19.3 Å². The van der Waals surface area contributed by atoms with E-state index in [0.29, 0.717) is 39.0 Å². The van der Waals surface area contributed by atoms with Crippen LogP contribution >= 0.6 is 0 Å². The van der Waals surface area contributed by atoms with Crippen molar-refractivity contribution in [1.29, 1.82) is 0 Å². The number of likely N-dealkylation sites (N-methyl/N-ethyl adjacent to an activating group) is 1. The Bertz CT molecular complexity index is 679. The Kier molecular flexibility index (Phi) is 6.78. The number of hydrogen-bond acceptors (Lipinski definition) is 5. The first-order valence-electron chi connectivity index (χ1n) is 10.0. The molecule has 1 unspecified atom stereocenters. The van der Waals surface area contributed by atoms with Crippen LogP contribution in [-0.2, 0) is 16.0 Å². The summed E-state index contributed by atoms with van der Waals surface area (Å²) in [6.07, 6.45) is 3.10. The van der Waals surface area contributed by atoms with Crippen molar-refractivity contribution in [2.45, 2.75) is 31.7 Å². The third-order valence-electron chi connectivity index (χ3n) is 5.79. The summed E-state index contributed by atoms with van der Waals surface area (Å²) < 4.78 is 10.6. The van der Waals surface area contributed by atoms with Gasteiger partial charge in [-0.2, -0.15) is 0 Å². The van der Waals surface area contributed by atoms with Crippen molar-refractivity contribution >= 4 is 11.8 Å². The first-order valence-corrected chi connectivity index (χ1v) is 10.0. The molecule has 2 heterocycles. The lowest BCUT2D eigenvalue weighted by Gasteiger charge is -2.37. The van der Waals surface area contributed by atoms with Crippen molar-refractivity contribution in [3.63, 3.8) is 0 Å². The van der Waals surface area contributed by atoms with Gasteiger partial charge in [-0.3, -0.25) is 14.5 Å². The minimum atomic E-state index is 0.0188. The number of carbonyl (C=O) groups is 2. The number of benzene rings is 1. The zero-order chi connectivity index (χ0) is 20.1. The quantitative estimate of drug-likeness (QED) is 0.736. The van der Waals surface area contributed by atoms with E-state index in [4.69, 9.17) is 9.47 Å². The number of methoxy groups -OCH3 is 2. The molecule has 0 radical (unpaired) electrons. The zero-order valence-electron chi connectivity index (χ0n) is 17.1. The Labute approximate surface area is 167 Å². The van der Waals surface area contributed by atoms with Crippen molar-refractivity contribution in [2.24, 2.45) is 0 Å². The van der Waals surface area contributed by atoms with Crippen LogP contribution in [0.15, 0.2) is 18.2 Å². The van der Waals surface area contributed by atoms with Crippen molar-refractivity contribution in [2.75, 3.05) is 54.0 Å². The van der Waals surface area contributed by atoms with Crippen molar-refractivity contribution < 1.29 is 19.1 Å². The normalized spacial score (nSPS) is 20.3. The fourth-order valence-electron chi connectivity index (χ4n) is 4.03. The highest BCUT2D eigenvalue weighted by atomic mass is 16.5. The summed E-state index contributed by atoms with van der Waals surface area (Å²) in [4.78, 5) is 31.2. The SMILES string of the molecule is COc1cc(CCC(=O)N2CCN(C(=O)C3CCCN3C)CC2)cc(OC)c1. The second kappa shape index (κ2) is 9.28. The number of rotatable bonds is 6. The average molecular weight is 389 g/mol. The number of nitrogens with zero attached hydrogens (tertiary/aromatic N) is 3. The molecule has 0 aliphatic carbocycles. The molecule has 7 heteroatoms. The van der Waals surface area contributed by atoms with Gasteiger partial charge in [-0.1, -0.05) is 0 Å². The summed E-state index contributed by atoms with van der Waals surface area (Å²) >= 11 is 0. The Balaban J connectivity index is 1.48. The maximum absolute atomic E-state index is 12.7. The summed E-state index contributed by atoms with van der Waals surface area (Å²) in [5, 5.41) is 0. The summed E-state index contributed by atoms with van der Waals surface area (Å²) in [7, 11) is 5.25. The Hall–Kier alpha value is -2.28. The van der Waals surface area contributed by atoms with Gasteiger partial charge in [0.05, 0.1) is 20.3 Å². The maximum Gasteiger partial charge on any atom is 0.240 e. The molecule has 0 saturated carbocycles. The number of piperazine rings is 1.